The third-order valence-corrected chi connectivity index (χ3v) is 3.88. The molecule has 1 heterocycles. The summed E-state index contributed by atoms with van der Waals surface area (Å²) in [5.41, 5.74) is 1.04. The van der Waals surface area contributed by atoms with Gasteiger partial charge in [-0.1, -0.05) is 12.1 Å². The van der Waals surface area contributed by atoms with Crippen molar-refractivity contribution in [2.45, 2.75) is 25.1 Å². The van der Waals surface area contributed by atoms with Gasteiger partial charge in [0, 0.05) is 18.4 Å². The normalized spacial score (nSPS) is 11.5. The standard InChI is InChI=1S/C12H15N3O3S/c1-2-15-7-12(13-9-15)19(17,18)14-11-5-3-4-10(6-11)8-16/h3-7,9,14,16H,2,8H2,1H3. The van der Waals surface area contributed by atoms with Gasteiger partial charge in [0.15, 0.2) is 5.03 Å². The zero-order chi connectivity index (χ0) is 13.9. The van der Waals surface area contributed by atoms with Gasteiger partial charge in [-0.3, -0.25) is 4.72 Å². The molecule has 0 aliphatic rings. The van der Waals surface area contributed by atoms with Gasteiger partial charge < -0.3 is 9.67 Å². The number of aliphatic hydroxyl groups excluding tert-OH is 1. The fourth-order valence-corrected chi connectivity index (χ4v) is 2.59. The Morgan fingerprint density at radius 2 is 2.21 bits per heavy atom. The number of aliphatic hydroxyl groups is 1. The molecule has 1 aromatic heterocycles. The van der Waals surface area contributed by atoms with Crippen molar-refractivity contribution in [1.82, 2.24) is 9.55 Å². The molecule has 7 heteroatoms. The Morgan fingerprint density at radius 3 is 2.84 bits per heavy atom. The molecule has 102 valence electrons. The zero-order valence-corrected chi connectivity index (χ0v) is 11.3. The van der Waals surface area contributed by atoms with Crippen LogP contribution < -0.4 is 4.72 Å². The number of imidazole rings is 1. The minimum Gasteiger partial charge on any atom is -0.392 e. The minimum absolute atomic E-state index is 0.0243. The predicted molar refractivity (Wildman–Crippen MR) is 71.1 cm³/mol. The van der Waals surface area contributed by atoms with E-state index in [1.165, 1.54) is 12.5 Å². The van der Waals surface area contributed by atoms with Gasteiger partial charge in [0.05, 0.1) is 12.9 Å². The first-order valence-electron chi connectivity index (χ1n) is 5.79. The summed E-state index contributed by atoms with van der Waals surface area (Å²) in [6.45, 7) is 2.42. The number of benzene rings is 1. The molecule has 19 heavy (non-hydrogen) atoms. The maximum Gasteiger partial charge on any atom is 0.280 e. The van der Waals surface area contributed by atoms with Crippen LogP contribution in [0.5, 0.6) is 0 Å². The highest BCUT2D eigenvalue weighted by atomic mass is 32.2. The summed E-state index contributed by atoms with van der Waals surface area (Å²) in [7, 11) is -3.69. The largest absolute Gasteiger partial charge is 0.392 e. The van der Waals surface area contributed by atoms with Gasteiger partial charge >= 0.3 is 0 Å². The molecule has 6 nitrogen and oxygen atoms in total. The average molecular weight is 281 g/mol. The molecule has 0 amide bonds. The number of nitrogens with zero attached hydrogens (tertiary/aromatic N) is 2. The summed E-state index contributed by atoms with van der Waals surface area (Å²) in [4.78, 5) is 3.86. The monoisotopic (exact) mass is 281 g/mol. The number of aromatic nitrogens is 2. The van der Waals surface area contributed by atoms with E-state index in [9.17, 15) is 8.42 Å². The lowest BCUT2D eigenvalue weighted by Gasteiger charge is -2.06. The average Bonchev–Trinajstić information content (AvgIpc) is 2.88. The van der Waals surface area contributed by atoms with Crippen LogP contribution in [0.2, 0.25) is 0 Å². The van der Waals surface area contributed by atoms with Crippen molar-refractivity contribution in [3.05, 3.63) is 42.4 Å². The van der Waals surface area contributed by atoms with Crippen LogP contribution in [0.4, 0.5) is 5.69 Å². The SMILES string of the molecule is CCn1cnc(S(=O)(=O)Nc2cccc(CO)c2)c1. The van der Waals surface area contributed by atoms with Crippen molar-refractivity contribution in [2.75, 3.05) is 4.72 Å². The lowest BCUT2D eigenvalue weighted by Crippen LogP contribution is -2.13. The molecule has 2 rings (SSSR count). The molecule has 0 aliphatic heterocycles. The third kappa shape index (κ3) is 3.12. The Hall–Kier alpha value is -1.86. The fraction of sp³-hybridized carbons (Fsp3) is 0.250. The number of anilines is 1. The highest BCUT2D eigenvalue weighted by molar-refractivity contribution is 7.92. The Labute approximate surface area is 111 Å². The Morgan fingerprint density at radius 1 is 1.42 bits per heavy atom. The molecule has 0 radical (unpaired) electrons. The molecular formula is C12H15N3O3S. The molecule has 0 saturated carbocycles. The van der Waals surface area contributed by atoms with Crippen molar-refractivity contribution < 1.29 is 13.5 Å². The second-order valence-corrected chi connectivity index (χ2v) is 5.64. The van der Waals surface area contributed by atoms with Crippen molar-refractivity contribution >= 4 is 15.7 Å². The van der Waals surface area contributed by atoms with Crippen LogP contribution in [0.15, 0.2) is 41.8 Å². The number of aryl methyl sites for hydroxylation is 1. The van der Waals surface area contributed by atoms with E-state index in [0.29, 0.717) is 17.8 Å². The fourth-order valence-electron chi connectivity index (χ4n) is 1.59. The smallest absolute Gasteiger partial charge is 0.280 e. The lowest BCUT2D eigenvalue weighted by molar-refractivity contribution is 0.282. The number of hydrogen-bond acceptors (Lipinski definition) is 4. The quantitative estimate of drug-likeness (QED) is 0.862. The van der Waals surface area contributed by atoms with E-state index in [1.54, 1.807) is 28.8 Å². The number of nitrogens with one attached hydrogen (secondary N) is 1. The second kappa shape index (κ2) is 5.41. The van der Waals surface area contributed by atoms with Crippen LogP contribution in [0.1, 0.15) is 12.5 Å². The van der Waals surface area contributed by atoms with Gasteiger partial charge in [-0.05, 0) is 24.6 Å². The van der Waals surface area contributed by atoms with Crippen LogP contribution in [-0.4, -0.2) is 23.1 Å². The molecule has 0 unspecified atom stereocenters. The van der Waals surface area contributed by atoms with Crippen molar-refractivity contribution in [3.8, 4) is 0 Å². The summed E-state index contributed by atoms with van der Waals surface area (Å²) in [5.74, 6) is 0. The van der Waals surface area contributed by atoms with E-state index in [0.717, 1.165) is 0 Å². The van der Waals surface area contributed by atoms with Crippen molar-refractivity contribution in [3.63, 3.8) is 0 Å². The highest BCUT2D eigenvalue weighted by Crippen LogP contribution is 2.16. The first-order chi connectivity index (χ1) is 9.05. The Bertz CT molecular complexity index is 664. The Kier molecular flexibility index (Phi) is 3.87. The molecule has 0 aliphatic carbocycles. The molecule has 0 bridgehead atoms. The second-order valence-electron chi connectivity index (χ2n) is 4.01. The van der Waals surface area contributed by atoms with Crippen LogP contribution in [0.25, 0.3) is 0 Å². The minimum atomic E-state index is -3.69. The number of rotatable bonds is 5. The Balaban J connectivity index is 2.25. The van der Waals surface area contributed by atoms with Crippen molar-refractivity contribution in [1.29, 1.82) is 0 Å². The number of hydrogen-bond donors (Lipinski definition) is 2. The maximum absolute atomic E-state index is 12.1. The van der Waals surface area contributed by atoms with E-state index < -0.39 is 10.0 Å². The van der Waals surface area contributed by atoms with E-state index in [4.69, 9.17) is 5.11 Å². The van der Waals surface area contributed by atoms with E-state index in [-0.39, 0.29) is 11.6 Å². The van der Waals surface area contributed by atoms with Gasteiger partial charge in [0.2, 0.25) is 0 Å². The van der Waals surface area contributed by atoms with Gasteiger partial charge in [-0.15, -0.1) is 0 Å². The van der Waals surface area contributed by atoms with Crippen LogP contribution in [0, 0.1) is 0 Å². The first-order valence-corrected chi connectivity index (χ1v) is 7.28. The van der Waals surface area contributed by atoms with E-state index in [2.05, 4.69) is 9.71 Å². The summed E-state index contributed by atoms with van der Waals surface area (Å²) >= 11 is 0. The van der Waals surface area contributed by atoms with Gasteiger partial charge in [0.1, 0.15) is 0 Å². The molecule has 0 saturated heterocycles. The highest BCUT2D eigenvalue weighted by Gasteiger charge is 2.17. The molecule has 2 N–H and O–H groups in total. The van der Waals surface area contributed by atoms with Gasteiger partial charge in [0.25, 0.3) is 10.0 Å². The molecule has 0 atom stereocenters. The predicted octanol–water partition coefficient (Wildman–Crippen LogP) is 1.20. The zero-order valence-electron chi connectivity index (χ0n) is 10.4. The van der Waals surface area contributed by atoms with Crippen molar-refractivity contribution in [2.24, 2.45) is 0 Å². The summed E-state index contributed by atoms with van der Waals surface area (Å²) in [6.07, 6.45) is 2.94. The molecule has 0 fully saturated rings. The summed E-state index contributed by atoms with van der Waals surface area (Å²) in [5, 5.41) is 9.00. The summed E-state index contributed by atoms with van der Waals surface area (Å²) < 4.78 is 28.3. The maximum atomic E-state index is 12.1. The first kappa shape index (κ1) is 13.6. The topological polar surface area (TPSA) is 84.2 Å². The van der Waals surface area contributed by atoms with E-state index >= 15 is 0 Å². The lowest BCUT2D eigenvalue weighted by atomic mass is 10.2. The van der Waals surface area contributed by atoms with Gasteiger partial charge in [-0.2, -0.15) is 8.42 Å². The van der Waals surface area contributed by atoms with Crippen LogP contribution in [-0.2, 0) is 23.2 Å². The number of sulfonamides is 1. The molecule has 2 aromatic rings. The molecule has 1 aromatic carbocycles. The third-order valence-electron chi connectivity index (χ3n) is 2.61. The van der Waals surface area contributed by atoms with Crippen LogP contribution in [0.3, 0.4) is 0 Å². The van der Waals surface area contributed by atoms with E-state index in [1.807, 2.05) is 6.92 Å². The molecular weight excluding hydrogens is 266 g/mol. The van der Waals surface area contributed by atoms with Crippen LogP contribution >= 0.6 is 0 Å². The van der Waals surface area contributed by atoms with Gasteiger partial charge in [-0.25, -0.2) is 4.98 Å². The summed E-state index contributed by atoms with van der Waals surface area (Å²) in [6, 6.07) is 6.58. The molecule has 0 spiro atoms.